The van der Waals surface area contributed by atoms with Gasteiger partial charge in [-0.3, -0.25) is 4.79 Å². The van der Waals surface area contributed by atoms with E-state index in [-0.39, 0.29) is 11.7 Å². The molecule has 0 heterocycles. The molecule has 4 heteroatoms. The number of Topliss-reactive ketones (excluding diaryl/α,β-unsaturated/α-hetero) is 1. The number of rotatable bonds is 3. The number of hydrogen-bond donors (Lipinski definition) is 0. The summed E-state index contributed by atoms with van der Waals surface area (Å²) in [6.07, 6.45) is 1.92. The molecule has 1 fully saturated rings. The normalized spacial score (nSPS) is 15.1. The van der Waals surface area contributed by atoms with E-state index in [2.05, 4.69) is 0 Å². The summed E-state index contributed by atoms with van der Waals surface area (Å²) in [5.74, 6) is 0.730. The molecular formula is C11H10Cl2O2. The molecule has 0 aliphatic heterocycles. The predicted octanol–water partition coefficient (Wildman–Crippen LogP) is 3.59. The van der Waals surface area contributed by atoms with E-state index >= 15 is 0 Å². The van der Waals surface area contributed by atoms with Crippen LogP contribution in [0.2, 0.25) is 10.0 Å². The zero-order chi connectivity index (χ0) is 11.0. The fraction of sp³-hybridized carbons (Fsp3) is 0.364. The summed E-state index contributed by atoms with van der Waals surface area (Å²) in [4.78, 5) is 11.8. The van der Waals surface area contributed by atoms with E-state index in [0.717, 1.165) is 12.8 Å². The minimum absolute atomic E-state index is 0.0926. The summed E-state index contributed by atoms with van der Waals surface area (Å²) in [5.41, 5.74) is 0.514. The Morgan fingerprint density at radius 1 is 1.33 bits per heavy atom. The maximum absolute atomic E-state index is 11.8. The Morgan fingerprint density at radius 3 is 2.53 bits per heavy atom. The van der Waals surface area contributed by atoms with Gasteiger partial charge in [0.15, 0.2) is 5.78 Å². The van der Waals surface area contributed by atoms with Crippen LogP contribution in [0.5, 0.6) is 5.75 Å². The van der Waals surface area contributed by atoms with Crippen molar-refractivity contribution in [1.82, 2.24) is 0 Å². The molecule has 1 aromatic carbocycles. The molecule has 0 atom stereocenters. The van der Waals surface area contributed by atoms with Crippen LogP contribution in [-0.2, 0) is 0 Å². The standard InChI is InChI=1S/C11H10Cl2O2/c1-15-10-4-7(8(12)5-9(10)13)11(14)6-2-3-6/h4-6H,2-3H2,1H3. The first-order chi connectivity index (χ1) is 7.13. The molecule has 2 rings (SSSR count). The number of ether oxygens (including phenoxy) is 1. The SMILES string of the molecule is COc1cc(C(=O)C2CC2)c(Cl)cc1Cl. The Hall–Kier alpha value is -0.730. The van der Waals surface area contributed by atoms with Gasteiger partial charge in [0, 0.05) is 11.5 Å². The molecule has 0 amide bonds. The third-order valence-electron chi connectivity index (χ3n) is 2.46. The molecule has 0 aromatic heterocycles. The van der Waals surface area contributed by atoms with E-state index in [0.29, 0.717) is 21.4 Å². The lowest BCUT2D eigenvalue weighted by Gasteiger charge is -2.07. The molecular weight excluding hydrogens is 235 g/mol. The van der Waals surface area contributed by atoms with Crippen LogP contribution < -0.4 is 4.74 Å². The lowest BCUT2D eigenvalue weighted by molar-refractivity contribution is 0.0967. The number of methoxy groups -OCH3 is 1. The van der Waals surface area contributed by atoms with Gasteiger partial charge < -0.3 is 4.74 Å². The van der Waals surface area contributed by atoms with Crippen LogP contribution in [0, 0.1) is 5.92 Å². The van der Waals surface area contributed by atoms with Gasteiger partial charge in [0.05, 0.1) is 17.2 Å². The molecule has 0 spiro atoms. The summed E-state index contributed by atoms with van der Waals surface area (Å²) in [6.45, 7) is 0. The Morgan fingerprint density at radius 2 is 2.00 bits per heavy atom. The number of carbonyl (C=O) groups is 1. The largest absolute Gasteiger partial charge is 0.495 e. The van der Waals surface area contributed by atoms with Gasteiger partial charge in [-0.05, 0) is 25.0 Å². The second-order valence-corrected chi connectivity index (χ2v) is 4.42. The molecule has 0 bridgehead atoms. The number of carbonyl (C=O) groups excluding carboxylic acids is 1. The topological polar surface area (TPSA) is 26.3 Å². The minimum Gasteiger partial charge on any atom is -0.495 e. The average Bonchev–Trinajstić information content (AvgIpc) is 3.00. The highest BCUT2D eigenvalue weighted by Crippen LogP contribution is 2.37. The summed E-state index contributed by atoms with van der Waals surface area (Å²) in [7, 11) is 1.51. The number of halogens is 2. The van der Waals surface area contributed by atoms with Crippen molar-refractivity contribution in [3.8, 4) is 5.75 Å². The Balaban J connectivity index is 2.41. The van der Waals surface area contributed by atoms with Crippen molar-refractivity contribution >= 4 is 29.0 Å². The Bertz CT molecular complexity index is 411. The monoisotopic (exact) mass is 244 g/mol. The predicted molar refractivity (Wildman–Crippen MR) is 60.1 cm³/mol. The molecule has 15 heavy (non-hydrogen) atoms. The second-order valence-electron chi connectivity index (χ2n) is 3.61. The van der Waals surface area contributed by atoms with Gasteiger partial charge in [0.1, 0.15) is 5.75 Å². The highest BCUT2D eigenvalue weighted by Gasteiger charge is 2.32. The zero-order valence-corrected chi connectivity index (χ0v) is 9.73. The lowest BCUT2D eigenvalue weighted by atomic mass is 10.1. The highest BCUT2D eigenvalue weighted by atomic mass is 35.5. The van der Waals surface area contributed by atoms with E-state index in [4.69, 9.17) is 27.9 Å². The summed E-state index contributed by atoms with van der Waals surface area (Å²) in [5, 5.41) is 0.826. The lowest BCUT2D eigenvalue weighted by Crippen LogP contribution is -2.02. The van der Waals surface area contributed by atoms with Crippen molar-refractivity contribution in [2.75, 3.05) is 7.11 Å². The maximum atomic E-state index is 11.8. The van der Waals surface area contributed by atoms with E-state index in [9.17, 15) is 4.79 Å². The van der Waals surface area contributed by atoms with Crippen LogP contribution >= 0.6 is 23.2 Å². The second kappa shape index (κ2) is 4.03. The molecule has 0 radical (unpaired) electrons. The molecule has 1 aliphatic rings. The van der Waals surface area contributed by atoms with Gasteiger partial charge >= 0.3 is 0 Å². The number of benzene rings is 1. The molecule has 0 unspecified atom stereocenters. The molecule has 2 nitrogen and oxygen atoms in total. The van der Waals surface area contributed by atoms with Crippen LogP contribution in [-0.4, -0.2) is 12.9 Å². The first-order valence-corrected chi connectivity index (χ1v) is 5.46. The van der Waals surface area contributed by atoms with E-state index in [1.54, 1.807) is 12.1 Å². The van der Waals surface area contributed by atoms with Crippen LogP contribution in [0.25, 0.3) is 0 Å². The number of hydrogen-bond acceptors (Lipinski definition) is 2. The third kappa shape index (κ3) is 2.11. The van der Waals surface area contributed by atoms with Crippen LogP contribution in [0.4, 0.5) is 0 Å². The molecule has 1 aromatic rings. The molecule has 1 aliphatic carbocycles. The first kappa shape index (κ1) is 10.8. The average molecular weight is 245 g/mol. The maximum Gasteiger partial charge on any atom is 0.167 e. The van der Waals surface area contributed by atoms with Crippen molar-refractivity contribution in [3.63, 3.8) is 0 Å². The summed E-state index contributed by atoms with van der Waals surface area (Å²) >= 11 is 11.8. The molecule has 0 N–H and O–H groups in total. The quantitative estimate of drug-likeness (QED) is 0.760. The third-order valence-corrected chi connectivity index (χ3v) is 3.06. The van der Waals surface area contributed by atoms with Gasteiger partial charge in [-0.2, -0.15) is 0 Å². The van der Waals surface area contributed by atoms with Gasteiger partial charge in [-0.15, -0.1) is 0 Å². The Labute approximate surface area is 98.1 Å². The summed E-state index contributed by atoms with van der Waals surface area (Å²) < 4.78 is 5.05. The van der Waals surface area contributed by atoms with E-state index in [1.165, 1.54) is 7.11 Å². The number of ketones is 1. The van der Waals surface area contributed by atoms with E-state index in [1.807, 2.05) is 0 Å². The van der Waals surface area contributed by atoms with E-state index < -0.39 is 0 Å². The van der Waals surface area contributed by atoms with Gasteiger partial charge in [-0.1, -0.05) is 23.2 Å². The molecule has 80 valence electrons. The molecule has 1 saturated carbocycles. The van der Waals surface area contributed by atoms with Crippen LogP contribution in [0.15, 0.2) is 12.1 Å². The van der Waals surface area contributed by atoms with Crippen LogP contribution in [0.1, 0.15) is 23.2 Å². The van der Waals surface area contributed by atoms with Crippen molar-refractivity contribution in [1.29, 1.82) is 0 Å². The smallest absolute Gasteiger partial charge is 0.167 e. The minimum atomic E-state index is 0.0926. The Kier molecular flexibility index (Phi) is 2.89. The van der Waals surface area contributed by atoms with Crippen molar-refractivity contribution < 1.29 is 9.53 Å². The first-order valence-electron chi connectivity index (χ1n) is 4.70. The van der Waals surface area contributed by atoms with Crippen LogP contribution in [0.3, 0.4) is 0 Å². The molecule has 0 saturated heterocycles. The van der Waals surface area contributed by atoms with Gasteiger partial charge in [0.25, 0.3) is 0 Å². The fourth-order valence-electron chi connectivity index (χ4n) is 1.44. The summed E-state index contributed by atoms with van der Waals surface area (Å²) in [6, 6.07) is 3.17. The van der Waals surface area contributed by atoms with Gasteiger partial charge in [-0.25, -0.2) is 0 Å². The van der Waals surface area contributed by atoms with Crippen molar-refractivity contribution in [2.45, 2.75) is 12.8 Å². The highest BCUT2D eigenvalue weighted by molar-refractivity contribution is 6.37. The fourth-order valence-corrected chi connectivity index (χ4v) is 1.99. The van der Waals surface area contributed by atoms with Crippen molar-refractivity contribution in [3.05, 3.63) is 27.7 Å². The van der Waals surface area contributed by atoms with Gasteiger partial charge in [0.2, 0.25) is 0 Å². The van der Waals surface area contributed by atoms with Crippen molar-refractivity contribution in [2.24, 2.45) is 5.92 Å². The zero-order valence-electron chi connectivity index (χ0n) is 8.22.